The standard InChI is InChI=1S/C19H14FN2O.C17H22NSi.Ir/c1-11(2)15-9-17(22-10-16(15)20)14-6-3-5-12-13-7-4-8-21-19(13)23-18(12)14;1-13(2)15-11-16(14-9-7-6-8-10-14)18-12-17(15)19(3,4)5;/h3-5,7-11H,1-2H3;6-9,11-13H,1-5H3;/q2*-1;/i11D;13D;. The number of furan rings is 1. The van der Waals surface area contributed by atoms with Crippen molar-refractivity contribution < 1.29 is 31.7 Å². The maximum absolute atomic E-state index is 14.0. The molecule has 4 heterocycles. The van der Waals surface area contributed by atoms with E-state index in [9.17, 15) is 4.39 Å². The van der Waals surface area contributed by atoms with Gasteiger partial charge in [-0.05, 0) is 46.1 Å². The number of fused-ring (bicyclic) bond motifs is 3. The Morgan fingerprint density at radius 1 is 0.814 bits per heavy atom. The zero-order valence-electron chi connectivity index (χ0n) is 27.5. The van der Waals surface area contributed by atoms with E-state index in [1.54, 1.807) is 32.2 Å². The Labute approximate surface area is 271 Å². The molecule has 0 aliphatic rings. The summed E-state index contributed by atoms with van der Waals surface area (Å²) in [6.07, 6.45) is 4.80. The Hall–Kier alpha value is -3.51. The van der Waals surface area contributed by atoms with E-state index in [0.29, 0.717) is 22.6 Å². The average Bonchev–Trinajstić information content (AvgIpc) is 3.35. The van der Waals surface area contributed by atoms with Crippen LogP contribution in [0.25, 0.3) is 44.6 Å². The van der Waals surface area contributed by atoms with E-state index in [1.165, 1.54) is 5.19 Å². The molecule has 6 aromatic rings. The fourth-order valence-corrected chi connectivity index (χ4v) is 6.47. The zero-order chi connectivity index (χ0) is 31.9. The van der Waals surface area contributed by atoms with Crippen LogP contribution in [0.15, 0.2) is 83.7 Å². The van der Waals surface area contributed by atoms with E-state index in [0.717, 1.165) is 33.8 Å². The van der Waals surface area contributed by atoms with Gasteiger partial charge in [-0.15, -0.1) is 54.1 Å². The fraction of sp³-hybridized carbons (Fsp3) is 0.250. The van der Waals surface area contributed by atoms with Crippen molar-refractivity contribution in [3.8, 4) is 22.5 Å². The summed E-state index contributed by atoms with van der Waals surface area (Å²) in [5.74, 6) is -2.16. The molecule has 0 saturated heterocycles. The molecule has 2 aromatic carbocycles. The first-order chi connectivity index (χ1) is 20.6. The van der Waals surface area contributed by atoms with Gasteiger partial charge in [-0.3, -0.25) is 0 Å². The van der Waals surface area contributed by atoms with Gasteiger partial charge >= 0.3 is 0 Å². The van der Waals surface area contributed by atoms with Crippen molar-refractivity contribution >= 4 is 35.3 Å². The van der Waals surface area contributed by atoms with Crippen LogP contribution in [-0.4, -0.2) is 23.0 Å². The Kier molecular flexibility index (Phi) is 9.22. The monoisotopic (exact) mass is 768 g/mol. The van der Waals surface area contributed by atoms with Crippen LogP contribution in [-0.2, 0) is 20.1 Å². The van der Waals surface area contributed by atoms with Crippen molar-refractivity contribution in [1.82, 2.24) is 15.0 Å². The van der Waals surface area contributed by atoms with Gasteiger partial charge in [-0.1, -0.05) is 76.0 Å². The summed E-state index contributed by atoms with van der Waals surface area (Å²) < 4.78 is 36.5. The Morgan fingerprint density at radius 3 is 2.21 bits per heavy atom. The van der Waals surface area contributed by atoms with Crippen molar-refractivity contribution in [1.29, 1.82) is 0 Å². The summed E-state index contributed by atoms with van der Waals surface area (Å²) in [6.45, 7) is 14.1. The van der Waals surface area contributed by atoms with Crippen LogP contribution in [0.1, 0.15) is 53.4 Å². The third kappa shape index (κ3) is 7.01. The summed E-state index contributed by atoms with van der Waals surface area (Å²) >= 11 is 0. The van der Waals surface area contributed by atoms with Crippen molar-refractivity contribution in [2.24, 2.45) is 0 Å². The van der Waals surface area contributed by atoms with Crippen LogP contribution in [0, 0.1) is 17.9 Å². The first kappa shape index (κ1) is 29.6. The molecule has 0 aliphatic carbocycles. The fourth-order valence-electron chi connectivity index (χ4n) is 4.89. The Balaban J connectivity index is 0.000000204. The minimum absolute atomic E-state index is 0. The topological polar surface area (TPSA) is 51.8 Å². The molecule has 43 heavy (non-hydrogen) atoms. The number of hydrogen-bond acceptors (Lipinski definition) is 4. The summed E-state index contributed by atoms with van der Waals surface area (Å²) in [5.41, 5.74) is 5.58. The summed E-state index contributed by atoms with van der Waals surface area (Å²) in [7, 11) is -1.50. The second-order valence-corrected chi connectivity index (χ2v) is 16.8. The van der Waals surface area contributed by atoms with Crippen LogP contribution in [0.5, 0.6) is 0 Å². The van der Waals surface area contributed by atoms with E-state index in [4.69, 9.17) is 7.16 Å². The molecule has 1 radical (unpaired) electrons. The third-order valence-corrected chi connectivity index (χ3v) is 9.11. The van der Waals surface area contributed by atoms with Crippen molar-refractivity contribution in [3.63, 3.8) is 0 Å². The van der Waals surface area contributed by atoms with Gasteiger partial charge in [0.1, 0.15) is 5.82 Å². The maximum Gasteiger partial charge on any atom is 0.216 e. The number of hydrogen-bond donors (Lipinski definition) is 0. The van der Waals surface area contributed by atoms with Gasteiger partial charge in [-0.25, -0.2) is 9.37 Å². The average molecular weight is 768 g/mol. The van der Waals surface area contributed by atoms with E-state index in [1.807, 2.05) is 62.5 Å². The van der Waals surface area contributed by atoms with Crippen LogP contribution in [0.2, 0.25) is 19.6 Å². The zero-order valence-corrected chi connectivity index (χ0v) is 28.9. The summed E-state index contributed by atoms with van der Waals surface area (Å²) in [4.78, 5) is 13.0. The normalized spacial score (nSPS) is 12.7. The van der Waals surface area contributed by atoms with E-state index >= 15 is 0 Å². The third-order valence-electron chi connectivity index (χ3n) is 7.10. The summed E-state index contributed by atoms with van der Waals surface area (Å²) in [6, 6.07) is 25.3. The van der Waals surface area contributed by atoms with Crippen LogP contribution >= 0.6 is 0 Å². The van der Waals surface area contributed by atoms with Gasteiger partial charge in [0.2, 0.25) is 5.71 Å². The molecule has 0 amide bonds. The smallest absolute Gasteiger partial charge is 0.216 e. The number of halogens is 1. The molecule has 0 bridgehead atoms. The maximum atomic E-state index is 14.0. The molecule has 0 atom stereocenters. The molecule has 7 heteroatoms. The Morgan fingerprint density at radius 2 is 1.53 bits per heavy atom. The van der Waals surface area contributed by atoms with Crippen LogP contribution in [0.4, 0.5) is 4.39 Å². The number of pyridine rings is 3. The molecule has 223 valence electrons. The predicted molar refractivity (Wildman–Crippen MR) is 173 cm³/mol. The molecule has 0 fully saturated rings. The van der Waals surface area contributed by atoms with E-state index in [-0.39, 0.29) is 25.7 Å². The van der Waals surface area contributed by atoms with Gasteiger partial charge < -0.3 is 14.4 Å². The number of rotatable bonds is 5. The molecular weight excluding hydrogens is 730 g/mol. The molecule has 0 N–H and O–H groups in total. The molecule has 0 unspecified atom stereocenters. The van der Waals surface area contributed by atoms with E-state index in [2.05, 4.69) is 52.8 Å². The number of benzene rings is 2. The molecular formula is C36H36FIrN3OSi-2. The van der Waals surface area contributed by atoms with Crippen LogP contribution in [0.3, 0.4) is 0 Å². The van der Waals surface area contributed by atoms with Crippen molar-refractivity contribution in [3.05, 3.63) is 108 Å². The molecule has 4 nitrogen and oxygen atoms in total. The number of aromatic nitrogens is 3. The largest absolute Gasteiger partial charge is 0.486 e. The second-order valence-electron chi connectivity index (χ2n) is 11.7. The van der Waals surface area contributed by atoms with Gasteiger partial charge in [0.25, 0.3) is 0 Å². The first-order valence-corrected chi connectivity index (χ1v) is 17.5. The minimum atomic E-state index is -1.50. The van der Waals surface area contributed by atoms with Crippen molar-refractivity contribution in [2.75, 3.05) is 0 Å². The van der Waals surface area contributed by atoms with E-state index < -0.39 is 25.7 Å². The van der Waals surface area contributed by atoms with Gasteiger partial charge in [-0.2, -0.15) is 0 Å². The minimum Gasteiger partial charge on any atom is -0.486 e. The number of nitrogens with zero attached hydrogens (tertiary/aromatic N) is 3. The molecule has 0 saturated carbocycles. The second kappa shape index (κ2) is 13.4. The first-order valence-electron chi connectivity index (χ1n) is 15.0. The Bertz CT molecular complexity index is 1940. The molecule has 6 rings (SSSR count). The quantitative estimate of drug-likeness (QED) is 0.130. The van der Waals surface area contributed by atoms with Gasteiger partial charge in [0.05, 0.1) is 19.9 Å². The summed E-state index contributed by atoms with van der Waals surface area (Å²) in [5, 5.41) is 3.09. The molecule has 0 aliphatic heterocycles. The van der Waals surface area contributed by atoms with Gasteiger partial charge in [0.15, 0.2) is 0 Å². The molecule has 4 aromatic heterocycles. The predicted octanol–water partition coefficient (Wildman–Crippen LogP) is 9.32. The molecule has 0 spiro atoms. The SMILES string of the molecule is [2H]C(C)(C)c1cc(-c2[c-]ccc3c2oc2ncccc23)ncc1F.[2H]C(C)(C)c1cc(-c2[c-]cccc2)ncc1[Si](C)(C)C.[Ir]. The van der Waals surface area contributed by atoms with Crippen molar-refractivity contribution in [2.45, 2.75) is 59.1 Å². The van der Waals surface area contributed by atoms with Gasteiger partial charge in [0, 0.05) is 40.6 Å². The van der Waals surface area contributed by atoms with Crippen LogP contribution < -0.4 is 5.19 Å².